The van der Waals surface area contributed by atoms with Gasteiger partial charge in [-0.2, -0.15) is 0 Å². The molecular weight excluding hydrogens is 286 g/mol. The largest absolute Gasteiger partial charge is 0.327 e. The minimum absolute atomic E-state index is 0.277. The highest BCUT2D eigenvalue weighted by Crippen LogP contribution is 2.17. The molecule has 1 aromatic carbocycles. The summed E-state index contributed by atoms with van der Waals surface area (Å²) in [5, 5.41) is 3.46. The highest BCUT2D eigenvalue weighted by Gasteiger charge is 2.23. The predicted molar refractivity (Wildman–Crippen MR) is 83.9 cm³/mol. The number of hydrogen-bond acceptors (Lipinski definition) is 4. The van der Waals surface area contributed by atoms with Crippen molar-refractivity contribution in [2.45, 2.75) is 38.9 Å². The normalized spacial score (nSPS) is 19.1. The molecule has 1 fully saturated rings. The van der Waals surface area contributed by atoms with Crippen molar-refractivity contribution in [3.63, 3.8) is 0 Å². The molecule has 3 rings (SSSR count). The van der Waals surface area contributed by atoms with Crippen LogP contribution in [0.3, 0.4) is 0 Å². The number of nitrogens with one attached hydrogen (secondary N) is 1. The predicted octanol–water partition coefficient (Wildman–Crippen LogP) is 1.72. The van der Waals surface area contributed by atoms with Gasteiger partial charge in [0.2, 0.25) is 0 Å². The van der Waals surface area contributed by atoms with Crippen LogP contribution < -0.4 is 5.32 Å². The molecule has 0 radical (unpaired) electrons. The van der Waals surface area contributed by atoms with E-state index >= 15 is 0 Å². The Balaban J connectivity index is 1.71. The number of imidazole rings is 1. The molecule has 6 heteroatoms. The second-order valence-electron chi connectivity index (χ2n) is 5.57. The quantitative estimate of drug-likeness (QED) is 0.934. The Hall–Kier alpha value is -1.40. The van der Waals surface area contributed by atoms with Gasteiger partial charge in [-0.15, -0.1) is 0 Å². The average molecular weight is 307 g/mol. The van der Waals surface area contributed by atoms with Gasteiger partial charge in [0.15, 0.2) is 0 Å². The summed E-state index contributed by atoms with van der Waals surface area (Å²) in [4.78, 5) is 4.68. The van der Waals surface area contributed by atoms with Gasteiger partial charge in [-0.1, -0.05) is 12.1 Å². The van der Waals surface area contributed by atoms with E-state index in [4.69, 9.17) is 0 Å². The van der Waals surface area contributed by atoms with Crippen molar-refractivity contribution < 1.29 is 8.42 Å². The molecule has 0 unspecified atom stereocenters. The van der Waals surface area contributed by atoms with Crippen LogP contribution >= 0.6 is 0 Å². The van der Waals surface area contributed by atoms with Crippen LogP contribution in [0.2, 0.25) is 0 Å². The highest BCUT2D eigenvalue weighted by atomic mass is 32.2. The van der Waals surface area contributed by atoms with Crippen molar-refractivity contribution in [1.82, 2.24) is 14.9 Å². The lowest BCUT2D eigenvalue weighted by Gasteiger charge is -2.23. The maximum absolute atomic E-state index is 11.4. The van der Waals surface area contributed by atoms with Crippen molar-refractivity contribution in [1.29, 1.82) is 0 Å². The van der Waals surface area contributed by atoms with E-state index in [9.17, 15) is 8.42 Å². The number of para-hydroxylation sites is 2. The molecular formula is C15H21N3O2S. The van der Waals surface area contributed by atoms with Gasteiger partial charge >= 0.3 is 0 Å². The van der Waals surface area contributed by atoms with E-state index in [1.54, 1.807) is 0 Å². The Morgan fingerprint density at radius 1 is 1.29 bits per heavy atom. The monoisotopic (exact) mass is 307 g/mol. The standard InChI is InChI=1S/C15H21N3O2S/c1-2-18-14-6-4-3-5-13(14)17-15(18)11-16-12-7-9-21(19,20)10-8-12/h3-6,12,16H,2,7-11H2,1H3. The topological polar surface area (TPSA) is 64.0 Å². The number of hydrogen-bond donors (Lipinski definition) is 1. The minimum Gasteiger partial charge on any atom is -0.327 e. The first-order valence-electron chi connectivity index (χ1n) is 7.47. The third kappa shape index (κ3) is 3.11. The molecule has 1 aliphatic rings. The van der Waals surface area contributed by atoms with Gasteiger partial charge in [-0.3, -0.25) is 0 Å². The summed E-state index contributed by atoms with van der Waals surface area (Å²) in [6.07, 6.45) is 1.41. The highest BCUT2D eigenvalue weighted by molar-refractivity contribution is 7.91. The maximum atomic E-state index is 11.4. The van der Waals surface area contributed by atoms with Crippen LogP contribution in [0.25, 0.3) is 11.0 Å². The zero-order valence-corrected chi connectivity index (χ0v) is 13.1. The molecule has 1 saturated heterocycles. The Morgan fingerprint density at radius 3 is 2.71 bits per heavy atom. The van der Waals surface area contributed by atoms with Crippen LogP contribution in [0.4, 0.5) is 0 Å². The SMILES string of the molecule is CCn1c(CNC2CCS(=O)(=O)CC2)nc2ccccc21. The first-order chi connectivity index (χ1) is 10.1. The van der Waals surface area contributed by atoms with Crippen molar-refractivity contribution in [2.75, 3.05) is 11.5 Å². The molecule has 0 bridgehead atoms. The summed E-state index contributed by atoms with van der Waals surface area (Å²) in [5.74, 6) is 1.62. The molecule has 1 N–H and O–H groups in total. The molecule has 2 aromatic rings. The number of rotatable bonds is 4. The summed E-state index contributed by atoms with van der Waals surface area (Å²) in [5.41, 5.74) is 2.17. The fourth-order valence-electron chi connectivity index (χ4n) is 2.94. The number of aryl methyl sites for hydroxylation is 1. The van der Waals surface area contributed by atoms with Crippen LogP contribution in [0, 0.1) is 0 Å². The van der Waals surface area contributed by atoms with E-state index in [0.717, 1.165) is 23.4 Å². The first kappa shape index (κ1) is 14.5. The van der Waals surface area contributed by atoms with Crippen molar-refractivity contribution in [3.05, 3.63) is 30.1 Å². The summed E-state index contributed by atoms with van der Waals surface area (Å²) in [7, 11) is -2.79. The Kier molecular flexibility index (Phi) is 3.99. The van der Waals surface area contributed by atoms with E-state index in [1.807, 2.05) is 18.2 Å². The fourth-order valence-corrected chi connectivity index (χ4v) is 4.43. The van der Waals surface area contributed by atoms with E-state index < -0.39 is 9.84 Å². The van der Waals surface area contributed by atoms with E-state index in [0.29, 0.717) is 30.9 Å². The number of fused-ring (bicyclic) bond motifs is 1. The van der Waals surface area contributed by atoms with E-state index in [1.165, 1.54) is 0 Å². The van der Waals surface area contributed by atoms with Crippen LogP contribution in [0.15, 0.2) is 24.3 Å². The number of nitrogens with zero attached hydrogens (tertiary/aromatic N) is 2. The lowest BCUT2D eigenvalue weighted by Crippen LogP contribution is -2.37. The van der Waals surface area contributed by atoms with Gasteiger partial charge in [0.1, 0.15) is 15.7 Å². The molecule has 0 atom stereocenters. The molecule has 21 heavy (non-hydrogen) atoms. The van der Waals surface area contributed by atoms with Crippen molar-refractivity contribution >= 4 is 20.9 Å². The molecule has 114 valence electrons. The van der Waals surface area contributed by atoms with E-state index in [-0.39, 0.29) is 6.04 Å². The Bertz CT molecular complexity index is 722. The third-order valence-corrected chi connectivity index (χ3v) is 5.87. The number of benzene rings is 1. The summed E-state index contributed by atoms with van der Waals surface area (Å²) in [6, 6.07) is 8.41. The molecule has 0 saturated carbocycles. The molecule has 5 nitrogen and oxygen atoms in total. The second-order valence-corrected chi connectivity index (χ2v) is 7.87. The molecule has 1 aromatic heterocycles. The summed E-state index contributed by atoms with van der Waals surface area (Å²) < 4.78 is 25.1. The van der Waals surface area contributed by atoms with Gasteiger partial charge < -0.3 is 9.88 Å². The Morgan fingerprint density at radius 2 is 2.00 bits per heavy atom. The fraction of sp³-hybridized carbons (Fsp3) is 0.533. The molecule has 1 aliphatic heterocycles. The van der Waals surface area contributed by atoms with Gasteiger partial charge in [-0.05, 0) is 31.9 Å². The molecule has 0 spiro atoms. The van der Waals surface area contributed by atoms with Gasteiger partial charge in [0.25, 0.3) is 0 Å². The van der Waals surface area contributed by atoms with E-state index in [2.05, 4.69) is 27.9 Å². The lowest BCUT2D eigenvalue weighted by molar-refractivity contribution is 0.452. The lowest BCUT2D eigenvalue weighted by atomic mass is 10.1. The zero-order valence-electron chi connectivity index (χ0n) is 12.2. The molecule has 0 aliphatic carbocycles. The smallest absolute Gasteiger partial charge is 0.150 e. The first-order valence-corrected chi connectivity index (χ1v) is 9.29. The van der Waals surface area contributed by atoms with Gasteiger partial charge in [0, 0.05) is 12.6 Å². The van der Waals surface area contributed by atoms with Crippen molar-refractivity contribution in [2.24, 2.45) is 0 Å². The third-order valence-electron chi connectivity index (χ3n) is 4.15. The Labute approximate surface area is 125 Å². The maximum Gasteiger partial charge on any atom is 0.150 e. The number of sulfone groups is 1. The van der Waals surface area contributed by atoms with Crippen molar-refractivity contribution in [3.8, 4) is 0 Å². The summed E-state index contributed by atoms with van der Waals surface area (Å²) in [6.45, 7) is 3.69. The van der Waals surface area contributed by atoms with Crippen LogP contribution in [-0.4, -0.2) is 35.5 Å². The molecule has 0 amide bonds. The van der Waals surface area contributed by atoms with Crippen LogP contribution in [0.5, 0.6) is 0 Å². The zero-order chi connectivity index (χ0) is 14.9. The van der Waals surface area contributed by atoms with Gasteiger partial charge in [0.05, 0.1) is 29.1 Å². The minimum atomic E-state index is -2.79. The summed E-state index contributed by atoms with van der Waals surface area (Å²) >= 11 is 0. The van der Waals surface area contributed by atoms with Crippen LogP contribution in [0.1, 0.15) is 25.6 Å². The van der Waals surface area contributed by atoms with Gasteiger partial charge in [-0.25, -0.2) is 13.4 Å². The second kappa shape index (κ2) is 5.77. The average Bonchev–Trinajstić information content (AvgIpc) is 2.83. The number of aromatic nitrogens is 2. The van der Waals surface area contributed by atoms with Crippen LogP contribution in [-0.2, 0) is 22.9 Å². The molecule has 2 heterocycles.